The molecule has 0 spiro atoms. The van der Waals surface area contributed by atoms with Crippen molar-refractivity contribution in [2.45, 2.75) is 32.2 Å². The molecule has 5 heteroatoms. The minimum Gasteiger partial charge on any atom is -0.451 e. The van der Waals surface area contributed by atoms with Gasteiger partial charge in [0.05, 0.1) is 0 Å². The first-order chi connectivity index (χ1) is 11.7. The molecule has 4 nitrogen and oxygen atoms in total. The standard InChI is InChI=1S/C20H24N2O2.ClH/c1-2-14-3-5-16(6-4-14)18-7-8-19(24-18)20(23)21-17-13-22-11-9-15(17)10-12-22;/h3-8,15,17H,2,9-13H2,1H3,(H,21,23);1H/t17-;/m0./s1. The predicted molar refractivity (Wildman–Crippen MR) is 101 cm³/mol. The third-order valence-electron chi connectivity index (χ3n) is 5.45. The molecule has 2 aromatic rings. The Bertz CT molecular complexity index is 718. The fraction of sp³-hybridized carbons (Fsp3) is 0.450. The molecule has 3 saturated heterocycles. The minimum absolute atomic E-state index is 0. The maximum absolute atomic E-state index is 12.5. The van der Waals surface area contributed by atoms with Gasteiger partial charge in [-0.15, -0.1) is 12.4 Å². The van der Waals surface area contributed by atoms with Gasteiger partial charge in [-0.1, -0.05) is 31.2 Å². The Labute approximate surface area is 155 Å². The Hall–Kier alpha value is -1.78. The molecule has 4 heterocycles. The molecule has 3 aliphatic rings. The first-order valence-corrected chi connectivity index (χ1v) is 8.95. The lowest BCUT2D eigenvalue weighted by Crippen LogP contribution is -2.57. The van der Waals surface area contributed by atoms with Crippen LogP contribution in [0.4, 0.5) is 0 Å². The van der Waals surface area contributed by atoms with E-state index < -0.39 is 0 Å². The maximum atomic E-state index is 12.5. The number of benzene rings is 1. The predicted octanol–water partition coefficient (Wildman–Crippen LogP) is 3.75. The highest BCUT2D eigenvalue weighted by Crippen LogP contribution is 2.28. The van der Waals surface area contributed by atoms with Gasteiger partial charge in [0, 0.05) is 18.2 Å². The molecule has 0 aliphatic carbocycles. The molecule has 134 valence electrons. The number of amides is 1. The first kappa shape index (κ1) is 18.0. The van der Waals surface area contributed by atoms with Crippen molar-refractivity contribution in [3.63, 3.8) is 0 Å². The van der Waals surface area contributed by atoms with Crippen molar-refractivity contribution in [1.82, 2.24) is 10.2 Å². The number of carbonyl (C=O) groups excluding carboxylic acids is 1. The Balaban J connectivity index is 0.00000182. The monoisotopic (exact) mass is 360 g/mol. The van der Waals surface area contributed by atoms with Crippen molar-refractivity contribution in [2.75, 3.05) is 19.6 Å². The summed E-state index contributed by atoms with van der Waals surface area (Å²) in [5, 5.41) is 3.18. The van der Waals surface area contributed by atoms with Gasteiger partial charge in [-0.05, 0) is 56.0 Å². The highest BCUT2D eigenvalue weighted by molar-refractivity contribution is 5.92. The molecule has 25 heavy (non-hydrogen) atoms. The number of carbonyl (C=O) groups is 1. The van der Waals surface area contributed by atoms with Crippen molar-refractivity contribution < 1.29 is 9.21 Å². The third kappa shape index (κ3) is 3.75. The maximum Gasteiger partial charge on any atom is 0.287 e. The molecule has 0 unspecified atom stereocenters. The molecule has 5 rings (SSSR count). The zero-order chi connectivity index (χ0) is 16.5. The summed E-state index contributed by atoms with van der Waals surface area (Å²) in [5.41, 5.74) is 2.31. The number of piperidine rings is 3. The summed E-state index contributed by atoms with van der Waals surface area (Å²) in [6.45, 7) is 5.46. The smallest absolute Gasteiger partial charge is 0.287 e. The summed E-state index contributed by atoms with van der Waals surface area (Å²) >= 11 is 0. The molecular formula is C20H25ClN2O2. The molecule has 1 atom stereocenters. The number of halogens is 1. The van der Waals surface area contributed by atoms with E-state index in [1.165, 1.54) is 31.5 Å². The van der Waals surface area contributed by atoms with Gasteiger partial charge in [0.1, 0.15) is 5.76 Å². The van der Waals surface area contributed by atoms with Crippen LogP contribution in [0.3, 0.4) is 0 Å². The largest absolute Gasteiger partial charge is 0.451 e. The van der Waals surface area contributed by atoms with Crippen LogP contribution >= 0.6 is 12.4 Å². The van der Waals surface area contributed by atoms with Gasteiger partial charge in [-0.2, -0.15) is 0 Å². The molecule has 1 aromatic heterocycles. The van der Waals surface area contributed by atoms with Gasteiger partial charge in [0.2, 0.25) is 0 Å². The molecule has 3 aliphatic heterocycles. The lowest BCUT2D eigenvalue weighted by molar-refractivity contribution is 0.0606. The minimum atomic E-state index is -0.0924. The number of hydrogen-bond acceptors (Lipinski definition) is 3. The number of nitrogens with zero attached hydrogens (tertiary/aromatic N) is 1. The van der Waals surface area contributed by atoms with Crippen molar-refractivity contribution in [1.29, 1.82) is 0 Å². The van der Waals surface area contributed by atoms with Crippen LogP contribution < -0.4 is 5.32 Å². The number of hydrogen-bond donors (Lipinski definition) is 1. The third-order valence-corrected chi connectivity index (χ3v) is 5.45. The van der Waals surface area contributed by atoms with E-state index in [-0.39, 0.29) is 24.4 Å². The second-order valence-electron chi connectivity index (χ2n) is 6.93. The second-order valence-corrected chi connectivity index (χ2v) is 6.93. The average molecular weight is 361 g/mol. The summed E-state index contributed by atoms with van der Waals surface area (Å²) in [5.74, 6) is 1.68. The topological polar surface area (TPSA) is 45.5 Å². The summed E-state index contributed by atoms with van der Waals surface area (Å²) in [6, 6.07) is 12.2. The number of aryl methyl sites for hydroxylation is 1. The van der Waals surface area contributed by atoms with Gasteiger partial charge in [0.25, 0.3) is 5.91 Å². The molecule has 1 amide bonds. The van der Waals surface area contributed by atoms with E-state index in [1.54, 1.807) is 6.07 Å². The zero-order valence-corrected chi connectivity index (χ0v) is 15.3. The highest BCUT2D eigenvalue weighted by Gasteiger charge is 2.35. The van der Waals surface area contributed by atoms with Gasteiger partial charge >= 0.3 is 0 Å². The normalized spacial score (nSPS) is 24.6. The number of rotatable bonds is 4. The number of furan rings is 1. The van der Waals surface area contributed by atoms with E-state index in [0.717, 1.165) is 24.3 Å². The average Bonchev–Trinajstić information content (AvgIpc) is 3.13. The molecule has 0 radical (unpaired) electrons. The van der Waals surface area contributed by atoms with Crippen LogP contribution in [-0.2, 0) is 6.42 Å². The fourth-order valence-corrected chi connectivity index (χ4v) is 3.89. The molecule has 0 saturated carbocycles. The van der Waals surface area contributed by atoms with Crippen LogP contribution in [0.2, 0.25) is 0 Å². The van der Waals surface area contributed by atoms with Crippen LogP contribution in [0.25, 0.3) is 11.3 Å². The highest BCUT2D eigenvalue weighted by atomic mass is 35.5. The van der Waals surface area contributed by atoms with Crippen molar-refractivity contribution in [3.05, 3.63) is 47.7 Å². The van der Waals surface area contributed by atoms with Crippen LogP contribution in [-0.4, -0.2) is 36.5 Å². The Morgan fingerprint density at radius 3 is 2.48 bits per heavy atom. The Morgan fingerprint density at radius 1 is 1.16 bits per heavy atom. The van der Waals surface area contributed by atoms with Gasteiger partial charge < -0.3 is 14.6 Å². The lowest BCUT2D eigenvalue weighted by Gasteiger charge is -2.44. The SMILES string of the molecule is CCc1ccc(-c2ccc(C(=O)N[C@H]3CN4CCC3CC4)o2)cc1.Cl. The molecule has 2 bridgehead atoms. The van der Waals surface area contributed by atoms with Crippen LogP contribution in [0.5, 0.6) is 0 Å². The lowest BCUT2D eigenvalue weighted by atomic mass is 9.84. The Kier molecular flexibility index (Phi) is 5.50. The summed E-state index contributed by atoms with van der Waals surface area (Å²) < 4.78 is 5.80. The summed E-state index contributed by atoms with van der Waals surface area (Å²) in [6.07, 6.45) is 3.40. The fourth-order valence-electron chi connectivity index (χ4n) is 3.89. The Morgan fingerprint density at radius 2 is 1.88 bits per heavy atom. The van der Waals surface area contributed by atoms with Crippen LogP contribution in [0.15, 0.2) is 40.8 Å². The van der Waals surface area contributed by atoms with E-state index in [0.29, 0.717) is 11.7 Å². The van der Waals surface area contributed by atoms with E-state index in [1.807, 2.05) is 18.2 Å². The molecular weight excluding hydrogens is 336 g/mol. The van der Waals surface area contributed by atoms with Gasteiger partial charge in [0.15, 0.2) is 5.76 Å². The van der Waals surface area contributed by atoms with E-state index >= 15 is 0 Å². The van der Waals surface area contributed by atoms with Crippen molar-refractivity contribution in [3.8, 4) is 11.3 Å². The summed E-state index contributed by atoms with van der Waals surface area (Å²) in [7, 11) is 0. The van der Waals surface area contributed by atoms with E-state index in [9.17, 15) is 4.79 Å². The van der Waals surface area contributed by atoms with Crippen molar-refractivity contribution >= 4 is 18.3 Å². The van der Waals surface area contributed by atoms with E-state index in [4.69, 9.17) is 4.42 Å². The van der Waals surface area contributed by atoms with Gasteiger partial charge in [-0.3, -0.25) is 4.79 Å². The quantitative estimate of drug-likeness (QED) is 0.903. The number of nitrogens with one attached hydrogen (secondary N) is 1. The van der Waals surface area contributed by atoms with E-state index in [2.05, 4.69) is 29.3 Å². The van der Waals surface area contributed by atoms with Crippen molar-refractivity contribution in [2.24, 2.45) is 5.92 Å². The molecule has 3 fully saturated rings. The van der Waals surface area contributed by atoms with Gasteiger partial charge in [-0.25, -0.2) is 0 Å². The molecule has 1 aromatic carbocycles. The van der Waals surface area contributed by atoms with Crippen LogP contribution in [0.1, 0.15) is 35.9 Å². The first-order valence-electron chi connectivity index (χ1n) is 8.95. The molecule has 1 N–H and O–H groups in total. The number of fused-ring (bicyclic) bond motifs is 3. The summed E-state index contributed by atoms with van der Waals surface area (Å²) in [4.78, 5) is 14.9. The zero-order valence-electron chi connectivity index (χ0n) is 14.5. The van der Waals surface area contributed by atoms with Crippen LogP contribution in [0, 0.1) is 5.92 Å². The second kappa shape index (κ2) is 7.63.